The minimum Gasteiger partial charge on any atom is -0.446 e. The molecule has 1 saturated carbocycles. The molecule has 7 N–H and O–H groups in total. The van der Waals surface area contributed by atoms with Crippen LogP contribution in [0, 0.1) is 5.92 Å². The number of aliphatic imine (C=N–C) groups is 1. The van der Waals surface area contributed by atoms with Crippen LogP contribution in [0.3, 0.4) is 0 Å². The summed E-state index contributed by atoms with van der Waals surface area (Å²) < 4.78 is 11.8. The molecule has 1 aliphatic carbocycles. The molecule has 282 valence electrons. The van der Waals surface area contributed by atoms with Crippen molar-refractivity contribution in [3.63, 3.8) is 0 Å². The molecule has 4 fully saturated rings. The SMILES string of the molecule is NC(N)=Nc1ccc(CNC(=O)N2CCN(C(=O)OC3CCCC(OC(=O)N4CCN(C(=O)NCCC5CCNCC5)CC4)CCC3)CC2)cc1. The summed E-state index contributed by atoms with van der Waals surface area (Å²) in [4.78, 5) is 62.1. The third kappa shape index (κ3) is 12.1. The highest BCUT2D eigenvalue weighted by Crippen LogP contribution is 2.24. The van der Waals surface area contributed by atoms with Gasteiger partial charge >= 0.3 is 24.2 Å². The number of amides is 6. The van der Waals surface area contributed by atoms with Crippen LogP contribution in [0.15, 0.2) is 29.3 Å². The second-order valence-electron chi connectivity index (χ2n) is 13.9. The van der Waals surface area contributed by atoms with E-state index in [1.165, 1.54) is 0 Å². The van der Waals surface area contributed by atoms with Crippen LogP contribution in [-0.4, -0.2) is 134 Å². The van der Waals surface area contributed by atoms with Gasteiger partial charge in [0.05, 0.1) is 5.69 Å². The van der Waals surface area contributed by atoms with Crippen LogP contribution in [0.4, 0.5) is 24.9 Å². The molecule has 0 unspecified atom stereocenters. The van der Waals surface area contributed by atoms with Gasteiger partial charge in [0.1, 0.15) is 12.2 Å². The summed E-state index contributed by atoms with van der Waals surface area (Å²) in [5.41, 5.74) is 12.4. The number of piperazine rings is 2. The molecule has 16 heteroatoms. The highest BCUT2D eigenvalue weighted by Gasteiger charge is 2.30. The smallest absolute Gasteiger partial charge is 0.410 e. The zero-order valence-corrected chi connectivity index (χ0v) is 29.7. The third-order valence-corrected chi connectivity index (χ3v) is 10.2. The number of piperidine rings is 1. The van der Waals surface area contributed by atoms with E-state index >= 15 is 0 Å². The van der Waals surface area contributed by atoms with Gasteiger partial charge in [-0.2, -0.15) is 0 Å². The Balaban J connectivity index is 0.925. The van der Waals surface area contributed by atoms with Crippen molar-refractivity contribution in [3.05, 3.63) is 29.8 Å². The quantitative estimate of drug-likeness (QED) is 0.198. The molecule has 6 amide bonds. The fourth-order valence-electron chi connectivity index (χ4n) is 7.08. The van der Waals surface area contributed by atoms with E-state index < -0.39 is 0 Å². The Morgan fingerprint density at radius 1 is 0.686 bits per heavy atom. The van der Waals surface area contributed by atoms with Gasteiger partial charge in [0.25, 0.3) is 0 Å². The number of hydrogen-bond acceptors (Lipinski definition) is 8. The van der Waals surface area contributed by atoms with Crippen LogP contribution in [0.2, 0.25) is 0 Å². The maximum Gasteiger partial charge on any atom is 0.410 e. The summed E-state index contributed by atoms with van der Waals surface area (Å²) in [7, 11) is 0. The first-order valence-corrected chi connectivity index (χ1v) is 18.6. The van der Waals surface area contributed by atoms with Crippen molar-refractivity contribution < 1.29 is 28.7 Å². The number of guanidine groups is 1. The summed E-state index contributed by atoms with van der Waals surface area (Å²) in [5.74, 6) is 0.658. The van der Waals surface area contributed by atoms with Crippen molar-refractivity contribution in [3.8, 4) is 0 Å². The number of carbonyl (C=O) groups is 4. The van der Waals surface area contributed by atoms with E-state index in [2.05, 4.69) is 20.9 Å². The van der Waals surface area contributed by atoms with Crippen molar-refractivity contribution in [2.75, 3.05) is 72.0 Å². The largest absolute Gasteiger partial charge is 0.446 e. The Morgan fingerprint density at radius 3 is 1.65 bits per heavy atom. The molecule has 3 heterocycles. The van der Waals surface area contributed by atoms with E-state index in [0.29, 0.717) is 103 Å². The number of ether oxygens (including phenoxy) is 2. The Hall–Kier alpha value is -4.47. The molecule has 5 rings (SSSR count). The fourth-order valence-corrected chi connectivity index (χ4v) is 7.08. The van der Waals surface area contributed by atoms with Gasteiger partial charge in [-0.1, -0.05) is 12.1 Å². The maximum atomic E-state index is 13.0. The molecule has 1 aromatic carbocycles. The van der Waals surface area contributed by atoms with E-state index in [0.717, 1.165) is 50.8 Å². The topological polar surface area (TPSA) is 200 Å². The number of benzene rings is 1. The summed E-state index contributed by atoms with van der Waals surface area (Å²) in [5, 5.41) is 9.34. The second kappa shape index (κ2) is 19.2. The van der Waals surface area contributed by atoms with Gasteiger partial charge in [0.15, 0.2) is 5.96 Å². The molecule has 3 aliphatic heterocycles. The monoisotopic (exact) mass is 712 g/mol. The highest BCUT2D eigenvalue weighted by molar-refractivity contribution is 5.79. The van der Waals surface area contributed by atoms with Crippen LogP contribution in [0.25, 0.3) is 0 Å². The zero-order chi connectivity index (χ0) is 36.0. The molecular weight excluding hydrogens is 656 g/mol. The van der Waals surface area contributed by atoms with Crippen LogP contribution < -0.4 is 27.4 Å². The van der Waals surface area contributed by atoms with Crippen LogP contribution >= 0.6 is 0 Å². The Labute approximate surface area is 300 Å². The van der Waals surface area contributed by atoms with Crippen LogP contribution in [0.1, 0.15) is 63.4 Å². The van der Waals surface area contributed by atoms with Gasteiger partial charge < -0.3 is 56.5 Å². The minimum atomic E-state index is -0.348. The van der Waals surface area contributed by atoms with Gasteiger partial charge in [-0.3, -0.25) is 0 Å². The molecule has 1 aromatic rings. The van der Waals surface area contributed by atoms with E-state index in [1.54, 1.807) is 31.7 Å². The first-order valence-electron chi connectivity index (χ1n) is 18.6. The molecule has 0 spiro atoms. The molecule has 0 bridgehead atoms. The summed E-state index contributed by atoms with van der Waals surface area (Å²) >= 11 is 0. The molecule has 0 radical (unpaired) electrons. The minimum absolute atomic E-state index is 0.0129. The van der Waals surface area contributed by atoms with E-state index in [4.69, 9.17) is 20.9 Å². The molecule has 0 atom stereocenters. The number of nitrogens with two attached hydrogens (primary N) is 2. The number of rotatable bonds is 8. The van der Waals surface area contributed by atoms with Crippen molar-refractivity contribution in [1.82, 2.24) is 35.6 Å². The Kier molecular flexibility index (Phi) is 14.2. The lowest BCUT2D eigenvalue weighted by molar-refractivity contribution is 0.0196. The molecule has 51 heavy (non-hydrogen) atoms. The van der Waals surface area contributed by atoms with E-state index in [-0.39, 0.29) is 42.4 Å². The Bertz CT molecular complexity index is 1310. The Morgan fingerprint density at radius 2 is 1.16 bits per heavy atom. The summed E-state index contributed by atoms with van der Waals surface area (Å²) in [6.07, 6.45) is 6.72. The normalized spacial score (nSPS) is 21.9. The van der Waals surface area contributed by atoms with Crippen molar-refractivity contribution in [2.45, 2.75) is 76.5 Å². The van der Waals surface area contributed by atoms with E-state index in [9.17, 15) is 19.2 Å². The number of nitrogens with zero attached hydrogens (tertiary/aromatic N) is 5. The number of urea groups is 2. The first kappa shape index (κ1) is 37.8. The van der Waals surface area contributed by atoms with E-state index in [1.807, 2.05) is 12.1 Å². The van der Waals surface area contributed by atoms with Gasteiger partial charge in [-0.05, 0) is 94.5 Å². The third-order valence-electron chi connectivity index (χ3n) is 10.2. The predicted molar refractivity (Wildman–Crippen MR) is 192 cm³/mol. The average Bonchev–Trinajstić information content (AvgIpc) is 3.13. The van der Waals surface area contributed by atoms with Crippen LogP contribution in [-0.2, 0) is 16.0 Å². The fraction of sp³-hybridized carbons (Fsp3) is 0.686. The van der Waals surface area contributed by atoms with Gasteiger partial charge in [0.2, 0.25) is 0 Å². The van der Waals surface area contributed by atoms with Gasteiger partial charge in [0, 0.05) is 65.4 Å². The average molecular weight is 713 g/mol. The number of hydrogen-bond donors (Lipinski definition) is 5. The highest BCUT2D eigenvalue weighted by atomic mass is 16.6. The van der Waals surface area contributed by atoms with Crippen molar-refractivity contribution in [2.24, 2.45) is 22.4 Å². The van der Waals surface area contributed by atoms with Crippen molar-refractivity contribution >= 4 is 35.9 Å². The lowest BCUT2D eigenvalue weighted by Gasteiger charge is -2.36. The second-order valence-corrected chi connectivity index (χ2v) is 13.9. The first-order chi connectivity index (χ1) is 24.7. The summed E-state index contributed by atoms with van der Waals surface area (Å²) in [6.45, 7) is 6.72. The molecule has 0 aromatic heterocycles. The lowest BCUT2D eigenvalue weighted by Crippen LogP contribution is -2.53. The van der Waals surface area contributed by atoms with Crippen LogP contribution in [0.5, 0.6) is 0 Å². The molecule has 16 nitrogen and oxygen atoms in total. The predicted octanol–water partition coefficient (Wildman–Crippen LogP) is 2.50. The van der Waals surface area contributed by atoms with Crippen molar-refractivity contribution in [1.29, 1.82) is 0 Å². The summed E-state index contributed by atoms with van der Waals surface area (Å²) in [6, 6.07) is 7.01. The zero-order valence-electron chi connectivity index (χ0n) is 29.7. The lowest BCUT2D eigenvalue weighted by atomic mass is 9.95. The maximum absolute atomic E-state index is 13.0. The van der Waals surface area contributed by atoms with Gasteiger partial charge in [-0.15, -0.1) is 0 Å². The van der Waals surface area contributed by atoms with Gasteiger partial charge in [-0.25, -0.2) is 24.2 Å². The molecule has 4 aliphatic rings. The number of nitrogens with one attached hydrogen (secondary N) is 3. The number of carbonyl (C=O) groups excluding carboxylic acids is 4. The molecule has 3 saturated heterocycles. The standard InChI is InChI=1S/C35H56N10O6/c36-31(37)41-28-9-7-27(8-10-28)25-40-33(47)43-19-23-45(24-20-43)35(49)51-30-5-1-3-29(4-2-6-30)50-34(48)44-21-17-42(18-22-44)32(46)39-16-13-26-11-14-38-15-12-26/h7-10,26,29-30,38H,1-6,11-25H2,(H,39,46)(H,40,47)(H4,36,37,41). The molecular formula is C35H56N10O6.